The zero-order chi connectivity index (χ0) is 21.1. The molecule has 2 aliphatic rings. The summed E-state index contributed by atoms with van der Waals surface area (Å²) in [6.07, 6.45) is 19.5. The zero-order valence-corrected chi connectivity index (χ0v) is 19.1. The summed E-state index contributed by atoms with van der Waals surface area (Å²) < 4.78 is 10.6. The molecule has 0 saturated carbocycles. The number of thioether (sulfide) groups is 1. The van der Waals surface area contributed by atoms with Gasteiger partial charge in [0, 0.05) is 47.2 Å². The van der Waals surface area contributed by atoms with E-state index < -0.39 is 5.92 Å². The van der Waals surface area contributed by atoms with Crippen LogP contribution in [0, 0.1) is 24.2 Å². The quantitative estimate of drug-likeness (QED) is 0.507. The molecule has 2 radical (unpaired) electrons. The Morgan fingerprint density at radius 1 is 1.07 bits per heavy atom. The molecule has 0 aliphatic heterocycles. The Hall–Kier alpha value is -2.19. The number of carbonyl (C=O) groups excluding carboxylic acids is 1. The minimum Gasteiger partial charge on any atom is -0.493 e. The molecule has 2 aliphatic carbocycles. The van der Waals surface area contributed by atoms with Crippen LogP contribution in [0.1, 0.15) is 17.9 Å². The predicted molar refractivity (Wildman–Crippen MR) is 119 cm³/mol. The molecule has 2 unspecified atom stereocenters. The second-order valence-corrected chi connectivity index (χ2v) is 7.34. The standard InChI is InChI=1S/C19H20NO3S.C5H5.Fe/c1-22-17-9-8-14(10-18(17)23-2)15(12-20)19(24-3)11-16(21)13-6-4-5-7-13;1-2-4-5-3-1;/h4-10,15,19H,11H2,1-3H3;1-5H;. The van der Waals surface area contributed by atoms with E-state index >= 15 is 0 Å². The fraction of sp³-hybridized carbons (Fsp3) is 0.250. The molecule has 0 bridgehead atoms. The van der Waals surface area contributed by atoms with Gasteiger partial charge in [-0.3, -0.25) is 4.79 Å². The number of benzene rings is 1. The van der Waals surface area contributed by atoms with E-state index in [-0.39, 0.29) is 28.1 Å². The Morgan fingerprint density at radius 3 is 2.23 bits per heavy atom. The van der Waals surface area contributed by atoms with Crippen molar-refractivity contribution in [2.24, 2.45) is 0 Å². The number of nitriles is 1. The van der Waals surface area contributed by atoms with Crippen molar-refractivity contribution in [3.63, 3.8) is 0 Å². The first-order chi connectivity index (χ1) is 14.1. The van der Waals surface area contributed by atoms with E-state index in [2.05, 4.69) is 6.07 Å². The first-order valence-corrected chi connectivity index (χ1v) is 10.5. The number of nitrogens with zero attached hydrogens (tertiary/aromatic N) is 1. The van der Waals surface area contributed by atoms with E-state index in [4.69, 9.17) is 9.47 Å². The van der Waals surface area contributed by atoms with Gasteiger partial charge in [0.15, 0.2) is 17.3 Å². The molecule has 0 aromatic heterocycles. The van der Waals surface area contributed by atoms with Gasteiger partial charge in [0.2, 0.25) is 0 Å². The van der Waals surface area contributed by atoms with Crippen LogP contribution in [-0.2, 0) is 21.9 Å². The summed E-state index contributed by atoms with van der Waals surface area (Å²) in [7, 11) is 3.14. The van der Waals surface area contributed by atoms with Gasteiger partial charge < -0.3 is 9.47 Å². The van der Waals surface area contributed by atoms with Crippen molar-refractivity contribution in [2.45, 2.75) is 17.6 Å². The van der Waals surface area contributed by atoms with Gasteiger partial charge >= 0.3 is 0 Å². The summed E-state index contributed by atoms with van der Waals surface area (Å²) in [5.74, 6) is 0.850. The fourth-order valence-electron chi connectivity index (χ4n) is 2.94. The fourth-order valence-corrected chi connectivity index (χ4v) is 3.75. The van der Waals surface area contributed by atoms with Gasteiger partial charge in [-0.25, -0.2) is 0 Å². The number of methoxy groups -OCH3 is 2. The van der Waals surface area contributed by atoms with Gasteiger partial charge in [-0.1, -0.05) is 48.6 Å². The second-order valence-electron chi connectivity index (χ2n) is 6.26. The van der Waals surface area contributed by atoms with E-state index in [1.165, 1.54) is 11.8 Å². The summed E-state index contributed by atoms with van der Waals surface area (Å²) in [5.41, 5.74) is 1.52. The van der Waals surface area contributed by atoms with Crippen molar-refractivity contribution in [1.29, 1.82) is 5.26 Å². The summed E-state index contributed by atoms with van der Waals surface area (Å²) in [6.45, 7) is 0. The summed E-state index contributed by atoms with van der Waals surface area (Å²) in [6, 6.07) is 7.79. The molecule has 2 atom stereocenters. The number of Topliss-reactive ketones (excluding diaryl/α,β-unsaturated/α-hetero) is 1. The van der Waals surface area contributed by atoms with Crippen molar-refractivity contribution >= 4 is 17.5 Å². The molecule has 1 aromatic rings. The van der Waals surface area contributed by atoms with E-state index in [0.717, 1.165) is 5.56 Å². The van der Waals surface area contributed by atoms with Crippen molar-refractivity contribution in [3.05, 3.63) is 84.7 Å². The number of ether oxygens (including phenoxy) is 2. The molecule has 3 rings (SSSR count). The Kier molecular flexibility index (Phi) is 12.0. The number of rotatable bonds is 8. The van der Waals surface area contributed by atoms with Crippen LogP contribution in [-0.4, -0.2) is 31.5 Å². The van der Waals surface area contributed by atoms with Crippen LogP contribution in [0.4, 0.5) is 0 Å². The maximum Gasteiger partial charge on any atom is 0.161 e. The first-order valence-electron chi connectivity index (χ1n) is 9.20. The molecule has 0 saturated heterocycles. The molecule has 6 heteroatoms. The molecule has 158 valence electrons. The number of carbonyl (C=O) groups is 1. The van der Waals surface area contributed by atoms with Crippen molar-refractivity contribution < 1.29 is 31.3 Å². The monoisotopic (exact) mass is 463 g/mol. The maximum atomic E-state index is 12.4. The van der Waals surface area contributed by atoms with Crippen LogP contribution in [0.3, 0.4) is 0 Å². The molecular formula is C24H25FeNO3S. The molecule has 0 heterocycles. The Balaban J connectivity index is 0.000000655. The molecule has 0 amide bonds. The van der Waals surface area contributed by atoms with Gasteiger partial charge in [0.05, 0.1) is 26.2 Å². The normalized spacial score (nSPS) is 15.2. The Labute approximate surface area is 194 Å². The minimum atomic E-state index is -0.404. The van der Waals surface area contributed by atoms with Gasteiger partial charge in [-0.2, -0.15) is 17.0 Å². The SMILES string of the molecule is COc1ccc(C(C#N)C(CC(=O)C2=CC=C[CH]2)SC)cc1OC.[CH]1C=CC=C1.[Fe]. The number of allylic oxidation sites excluding steroid dienone is 8. The first kappa shape index (κ1) is 25.8. The minimum absolute atomic E-state index is 0. The van der Waals surface area contributed by atoms with E-state index in [9.17, 15) is 10.1 Å². The van der Waals surface area contributed by atoms with Crippen LogP contribution < -0.4 is 9.47 Å². The van der Waals surface area contributed by atoms with E-state index in [1.807, 2.05) is 61.3 Å². The van der Waals surface area contributed by atoms with Gasteiger partial charge in [0.1, 0.15) is 0 Å². The van der Waals surface area contributed by atoms with Gasteiger partial charge in [-0.15, -0.1) is 0 Å². The molecule has 0 fully saturated rings. The maximum absolute atomic E-state index is 12.4. The third kappa shape index (κ3) is 7.25. The van der Waals surface area contributed by atoms with E-state index in [1.54, 1.807) is 32.8 Å². The van der Waals surface area contributed by atoms with Crippen molar-refractivity contribution in [3.8, 4) is 17.6 Å². The Morgan fingerprint density at radius 2 is 1.77 bits per heavy atom. The molecule has 1 aromatic carbocycles. The van der Waals surface area contributed by atoms with Crippen LogP contribution in [0.15, 0.2) is 66.3 Å². The average Bonchev–Trinajstić information content (AvgIpc) is 3.50. The van der Waals surface area contributed by atoms with Gasteiger partial charge in [-0.05, 0) is 24.0 Å². The van der Waals surface area contributed by atoms with Crippen LogP contribution in [0.5, 0.6) is 11.5 Å². The average molecular weight is 463 g/mol. The van der Waals surface area contributed by atoms with Crippen molar-refractivity contribution in [1.82, 2.24) is 0 Å². The number of hydrogen-bond donors (Lipinski definition) is 0. The molecule has 0 N–H and O–H groups in total. The molecule has 4 nitrogen and oxygen atoms in total. The number of hydrogen-bond acceptors (Lipinski definition) is 5. The predicted octanol–water partition coefficient (Wildman–Crippen LogP) is 5.02. The summed E-state index contributed by atoms with van der Waals surface area (Å²) in [5, 5.41) is 9.54. The molecular weight excluding hydrogens is 438 g/mol. The third-order valence-electron chi connectivity index (χ3n) is 4.51. The Bertz CT molecular complexity index is 858. The smallest absolute Gasteiger partial charge is 0.161 e. The summed E-state index contributed by atoms with van der Waals surface area (Å²) >= 11 is 1.53. The molecule has 30 heavy (non-hydrogen) atoms. The molecule has 0 spiro atoms. The topological polar surface area (TPSA) is 59.3 Å². The zero-order valence-electron chi connectivity index (χ0n) is 17.2. The third-order valence-corrected chi connectivity index (χ3v) is 5.55. The van der Waals surface area contributed by atoms with Crippen LogP contribution in [0.2, 0.25) is 0 Å². The van der Waals surface area contributed by atoms with Crippen molar-refractivity contribution in [2.75, 3.05) is 20.5 Å². The van der Waals surface area contributed by atoms with Crippen LogP contribution in [0.25, 0.3) is 0 Å². The second kappa shape index (κ2) is 13.9. The van der Waals surface area contributed by atoms with E-state index in [0.29, 0.717) is 23.5 Å². The largest absolute Gasteiger partial charge is 0.493 e. The van der Waals surface area contributed by atoms with Gasteiger partial charge in [0.25, 0.3) is 0 Å². The summed E-state index contributed by atoms with van der Waals surface area (Å²) in [4.78, 5) is 12.4. The number of ketones is 1. The van der Waals surface area contributed by atoms with Crippen LogP contribution >= 0.6 is 11.8 Å².